The van der Waals surface area contributed by atoms with Gasteiger partial charge in [-0.25, -0.2) is 4.98 Å². The first-order valence-electron chi connectivity index (χ1n) is 12.5. The number of ether oxygens (including phenoxy) is 1. The lowest BCUT2D eigenvalue weighted by atomic mass is 10.1. The summed E-state index contributed by atoms with van der Waals surface area (Å²) in [6, 6.07) is 22.0. The van der Waals surface area contributed by atoms with E-state index in [4.69, 9.17) is 9.72 Å². The molecule has 186 valence electrons. The van der Waals surface area contributed by atoms with Crippen molar-refractivity contribution < 1.29 is 9.53 Å². The predicted octanol–water partition coefficient (Wildman–Crippen LogP) is 6.10. The summed E-state index contributed by atoms with van der Waals surface area (Å²) >= 11 is 0. The molecule has 3 aromatic carbocycles. The number of benzene rings is 3. The number of amides is 1. The van der Waals surface area contributed by atoms with Crippen LogP contribution in [-0.4, -0.2) is 34.0 Å². The maximum absolute atomic E-state index is 13.8. The van der Waals surface area contributed by atoms with Gasteiger partial charge in [-0.3, -0.25) is 14.2 Å². The molecule has 0 bridgehead atoms. The minimum absolute atomic E-state index is 0.0869. The van der Waals surface area contributed by atoms with E-state index in [1.54, 1.807) is 42.0 Å². The van der Waals surface area contributed by atoms with E-state index >= 15 is 0 Å². The van der Waals surface area contributed by atoms with Crippen molar-refractivity contribution in [2.75, 3.05) is 13.7 Å². The Morgan fingerprint density at radius 3 is 2.44 bits per heavy atom. The molecule has 1 heterocycles. The molecule has 1 aromatic heterocycles. The van der Waals surface area contributed by atoms with E-state index in [1.807, 2.05) is 61.2 Å². The van der Waals surface area contributed by atoms with Crippen LogP contribution in [-0.2, 0) is 0 Å². The number of methoxy groups -OCH3 is 1. The van der Waals surface area contributed by atoms with E-state index in [0.29, 0.717) is 41.0 Å². The lowest BCUT2D eigenvalue weighted by molar-refractivity contribution is 0.0656. The molecule has 6 heteroatoms. The number of carbonyl (C=O) groups excluding carboxylic acids is 1. The number of aromatic nitrogens is 2. The molecule has 4 aromatic rings. The number of carbonyl (C=O) groups is 1. The molecule has 0 N–H and O–H groups in total. The summed E-state index contributed by atoms with van der Waals surface area (Å²) in [7, 11) is 1.60. The molecule has 0 aliphatic rings. The maximum Gasteiger partial charge on any atom is 0.266 e. The zero-order chi connectivity index (χ0) is 25.7. The zero-order valence-electron chi connectivity index (χ0n) is 21.4. The van der Waals surface area contributed by atoms with Crippen LogP contribution in [0, 0.1) is 6.92 Å². The highest BCUT2D eigenvalue weighted by Crippen LogP contribution is 2.28. The van der Waals surface area contributed by atoms with E-state index < -0.39 is 0 Å². The molecule has 0 saturated heterocycles. The van der Waals surface area contributed by atoms with Crippen LogP contribution in [0.25, 0.3) is 16.6 Å². The largest absolute Gasteiger partial charge is 0.497 e. The molecule has 0 aliphatic carbocycles. The number of nitrogens with zero attached hydrogens (tertiary/aromatic N) is 3. The molecule has 1 amide bonds. The minimum atomic E-state index is -0.385. The van der Waals surface area contributed by atoms with Crippen molar-refractivity contribution in [3.8, 4) is 11.4 Å². The Hall–Kier alpha value is -3.93. The third-order valence-electron chi connectivity index (χ3n) is 6.47. The fraction of sp³-hybridized carbons (Fsp3) is 0.300. The summed E-state index contributed by atoms with van der Waals surface area (Å²) in [6.45, 7) is 6.71. The van der Waals surface area contributed by atoms with Gasteiger partial charge in [0, 0.05) is 12.1 Å². The van der Waals surface area contributed by atoms with E-state index in [9.17, 15) is 9.59 Å². The summed E-state index contributed by atoms with van der Waals surface area (Å²) in [5.41, 5.74) is 2.87. The molecule has 1 unspecified atom stereocenters. The highest BCUT2D eigenvalue weighted by molar-refractivity contribution is 5.94. The Bertz CT molecular complexity index is 1410. The van der Waals surface area contributed by atoms with Crippen LogP contribution in [0.1, 0.15) is 60.9 Å². The third-order valence-corrected chi connectivity index (χ3v) is 6.47. The van der Waals surface area contributed by atoms with Gasteiger partial charge in [-0.05, 0) is 73.9 Å². The predicted molar refractivity (Wildman–Crippen MR) is 144 cm³/mol. The SMILES string of the molecule is CCCCN(C(=O)c1ccc(OC)cc1)C(CC)c1nc2ccccc2c(=O)n1-c1cccc(C)c1. The second kappa shape index (κ2) is 11.2. The van der Waals surface area contributed by atoms with Crippen LogP contribution in [0.3, 0.4) is 0 Å². The Morgan fingerprint density at radius 1 is 1.03 bits per heavy atom. The Morgan fingerprint density at radius 2 is 1.78 bits per heavy atom. The quantitative estimate of drug-likeness (QED) is 0.289. The van der Waals surface area contributed by atoms with Gasteiger partial charge in [-0.1, -0.05) is 44.5 Å². The van der Waals surface area contributed by atoms with Crippen LogP contribution in [0.2, 0.25) is 0 Å². The van der Waals surface area contributed by atoms with Crippen molar-refractivity contribution in [3.63, 3.8) is 0 Å². The minimum Gasteiger partial charge on any atom is -0.497 e. The van der Waals surface area contributed by atoms with Gasteiger partial charge in [0.25, 0.3) is 11.5 Å². The first kappa shape index (κ1) is 25.2. The van der Waals surface area contributed by atoms with E-state index in [1.165, 1.54) is 0 Å². The maximum atomic E-state index is 13.8. The number of unbranched alkanes of at least 4 members (excludes halogenated alkanes) is 1. The molecule has 0 fully saturated rings. The van der Waals surface area contributed by atoms with Gasteiger partial charge in [0.05, 0.1) is 29.7 Å². The van der Waals surface area contributed by atoms with E-state index in [-0.39, 0.29) is 17.5 Å². The summed E-state index contributed by atoms with van der Waals surface area (Å²) in [5.74, 6) is 1.18. The molecular formula is C30H33N3O3. The Balaban J connectivity index is 1.91. The number of fused-ring (bicyclic) bond motifs is 1. The Labute approximate surface area is 212 Å². The number of aryl methyl sites for hydroxylation is 1. The van der Waals surface area contributed by atoms with Gasteiger partial charge in [0.1, 0.15) is 11.6 Å². The van der Waals surface area contributed by atoms with Gasteiger partial charge in [0.2, 0.25) is 0 Å². The van der Waals surface area contributed by atoms with Gasteiger partial charge in [0.15, 0.2) is 0 Å². The van der Waals surface area contributed by atoms with Crippen LogP contribution < -0.4 is 10.3 Å². The molecule has 0 spiro atoms. The van der Waals surface area contributed by atoms with Crippen LogP contribution >= 0.6 is 0 Å². The topological polar surface area (TPSA) is 64.4 Å². The fourth-order valence-electron chi connectivity index (χ4n) is 4.56. The van der Waals surface area contributed by atoms with E-state index in [2.05, 4.69) is 6.92 Å². The highest BCUT2D eigenvalue weighted by atomic mass is 16.5. The molecule has 6 nitrogen and oxygen atoms in total. The van der Waals surface area contributed by atoms with Gasteiger partial charge in [-0.2, -0.15) is 0 Å². The molecule has 0 saturated carbocycles. The lowest BCUT2D eigenvalue weighted by Gasteiger charge is -2.32. The van der Waals surface area contributed by atoms with E-state index in [0.717, 1.165) is 24.1 Å². The molecule has 0 radical (unpaired) electrons. The van der Waals surface area contributed by atoms with Crippen molar-refractivity contribution >= 4 is 16.8 Å². The molecule has 4 rings (SSSR count). The standard InChI is InChI=1S/C30H33N3O3/c1-5-7-19-32(29(34)22-15-17-24(36-4)18-16-22)27(6-2)28-31-26-14-9-8-13-25(26)30(35)33(28)23-12-10-11-21(3)20-23/h8-18,20,27H,5-7,19H2,1-4H3. The summed E-state index contributed by atoms with van der Waals surface area (Å²) in [6.07, 6.45) is 2.40. The summed E-state index contributed by atoms with van der Waals surface area (Å²) in [5, 5.41) is 0.555. The van der Waals surface area contributed by atoms with Crippen molar-refractivity contribution in [1.82, 2.24) is 14.5 Å². The zero-order valence-corrected chi connectivity index (χ0v) is 21.4. The van der Waals surface area contributed by atoms with Crippen LogP contribution in [0.15, 0.2) is 77.6 Å². The van der Waals surface area contributed by atoms with Crippen LogP contribution in [0.5, 0.6) is 5.75 Å². The molecule has 1 atom stereocenters. The number of rotatable bonds is 9. The second-order valence-electron chi connectivity index (χ2n) is 8.97. The first-order chi connectivity index (χ1) is 17.5. The first-order valence-corrected chi connectivity index (χ1v) is 12.5. The van der Waals surface area contributed by atoms with Gasteiger partial charge >= 0.3 is 0 Å². The average Bonchev–Trinajstić information content (AvgIpc) is 2.90. The number of hydrogen-bond acceptors (Lipinski definition) is 4. The van der Waals surface area contributed by atoms with Crippen molar-refractivity contribution in [3.05, 3.63) is 100 Å². The number of para-hydroxylation sites is 1. The van der Waals surface area contributed by atoms with Gasteiger partial charge < -0.3 is 9.64 Å². The summed E-state index contributed by atoms with van der Waals surface area (Å²) < 4.78 is 6.95. The molecular weight excluding hydrogens is 450 g/mol. The fourth-order valence-corrected chi connectivity index (χ4v) is 4.56. The molecule has 36 heavy (non-hydrogen) atoms. The van der Waals surface area contributed by atoms with Crippen molar-refractivity contribution in [1.29, 1.82) is 0 Å². The Kier molecular flexibility index (Phi) is 7.84. The summed E-state index contributed by atoms with van der Waals surface area (Å²) in [4.78, 5) is 34.5. The van der Waals surface area contributed by atoms with Gasteiger partial charge in [-0.15, -0.1) is 0 Å². The third kappa shape index (κ3) is 5.03. The molecule has 0 aliphatic heterocycles. The van der Waals surface area contributed by atoms with Crippen molar-refractivity contribution in [2.45, 2.75) is 46.1 Å². The lowest BCUT2D eigenvalue weighted by Crippen LogP contribution is -2.39. The van der Waals surface area contributed by atoms with Crippen molar-refractivity contribution in [2.24, 2.45) is 0 Å². The smallest absolute Gasteiger partial charge is 0.266 e. The average molecular weight is 484 g/mol. The second-order valence-corrected chi connectivity index (χ2v) is 8.97. The number of hydrogen-bond donors (Lipinski definition) is 0. The monoisotopic (exact) mass is 483 g/mol. The highest BCUT2D eigenvalue weighted by Gasteiger charge is 2.29. The van der Waals surface area contributed by atoms with Crippen LogP contribution in [0.4, 0.5) is 0 Å². The normalized spacial score (nSPS) is 11.9.